The number of halogens is 2. The molecule has 3 N–H and O–H groups in total. The zero-order valence-electron chi connectivity index (χ0n) is 10.9. The Morgan fingerprint density at radius 3 is 2.11 bits per heavy atom. The summed E-state index contributed by atoms with van der Waals surface area (Å²) in [4.78, 5) is 0. The molecule has 0 aromatic heterocycles. The highest BCUT2D eigenvalue weighted by atomic mass is 19.1. The molecule has 0 aliphatic carbocycles. The van der Waals surface area contributed by atoms with E-state index in [1.807, 2.05) is 0 Å². The van der Waals surface area contributed by atoms with Crippen LogP contribution in [0.5, 0.6) is 0 Å². The summed E-state index contributed by atoms with van der Waals surface area (Å²) in [7, 11) is 0. The summed E-state index contributed by atoms with van der Waals surface area (Å²) in [5.74, 6) is -1.23. The molecular weight excluding hydrogens is 236 g/mol. The van der Waals surface area contributed by atoms with E-state index in [-0.39, 0.29) is 6.54 Å². The van der Waals surface area contributed by atoms with Gasteiger partial charge in [0.25, 0.3) is 0 Å². The van der Waals surface area contributed by atoms with Gasteiger partial charge >= 0.3 is 0 Å². The predicted molar refractivity (Wildman–Crippen MR) is 68.2 cm³/mol. The van der Waals surface area contributed by atoms with E-state index < -0.39 is 23.7 Å². The van der Waals surface area contributed by atoms with Crippen molar-refractivity contribution < 1.29 is 13.9 Å². The molecule has 0 aliphatic rings. The van der Waals surface area contributed by atoms with E-state index in [1.165, 1.54) is 12.1 Å². The van der Waals surface area contributed by atoms with Gasteiger partial charge in [0.05, 0.1) is 6.10 Å². The average molecular weight is 257 g/mol. The van der Waals surface area contributed by atoms with Crippen LogP contribution in [-0.4, -0.2) is 17.8 Å². The molecule has 2 unspecified atom stereocenters. The van der Waals surface area contributed by atoms with E-state index in [1.54, 1.807) is 0 Å². The fraction of sp³-hybridized carbons (Fsp3) is 0.571. The molecule has 1 aromatic carbocycles. The SMILES string of the molecule is CC(C)CCC(O)C(CN)c1cc(F)cc(F)c1. The number of benzene rings is 1. The third-order valence-electron chi connectivity index (χ3n) is 3.07. The first kappa shape index (κ1) is 15.1. The summed E-state index contributed by atoms with van der Waals surface area (Å²) >= 11 is 0. The normalized spacial score (nSPS) is 14.8. The van der Waals surface area contributed by atoms with Gasteiger partial charge in [-0.15, -0.1) is 0 Å². The molecule has 102 valence electrons. The van der Waals surface area contributed by atoms with Crippen LogP contribution in [-0.2, 0) is 0 Å². The minimum absolute atomic E-state index is 0.169. The number of nitrogens with two attached hydrogens (primary N) is 1. The highest BCUT2D eigenvalue weighted by Crippen LogP contribution is 2.24. The van der Waals surface area contributed by atoms with E-state index in [9.17, 15) is 13.9 Å². The number of hydrogen-bond acceptors (Lipinski definition) is 2. The maximum absolute atomic E-state index is 13.1. The highest BCUT2D eigenvalue weighted by Gasteiger charge is 2.21. The van der Waals surface area contributed by atoms with Crippen molar-refractivity contribution in [2.75, 3.05) is 6.54 Å². The molecule has 18 heavy (non-hydrogen) atoms. The van der Waals surface area contributed by atoms with Gasteiger partial charge in [-0.05, 0) is 36.5 Å². The van der Waals surface area contributed by atoms with E-state index >= 15 is 0 Å². The molecular formula is C14H21F2NO. The standard InChI is InChI=1S/C14H21F2NO/c1-9(2)3-4-14(18)13(8-17)10-5-11(15)7-12(16)6-10/h5-7,9,13-14,18H,3-4,8,17H2,1-2H3. The average Bonchev–Trinajstić information content (AvgIpc) is 2.26. The second-order valence-corrected chi connectivity index (χ2v) is 5.08. The van der Waals surface area contributed by atoms with Crippen LogP contribution in [0.3, 0.4) is 0 Å². The summed E-state index contributed by atoms with van der Waals surface area (Å²) in [6.45, 7) is 4.29. The first-order valence-corrected chi connectivity index (χ1v) is 6.28. The third-order valence-corrected chi connectivity index (χ3v) is 3.07. The lowest BCUT2D eigenvalue weighted by molar-refractivity contribution is 0.128. The Morgan fingerprint density at radius 2 is 1.67 bits per heavy atom. The molecule has 0 saturated carbocycles. The number of hydrogen-bond donors (Lipinski definition) is 2. The molecule has 0 saturated heterocycles. The van der Waals surface area contributed by atoms with Gasteiger partial charge < -0.3 is 10.8 Å². The van der Waals surface area contributed by atoms with E-state index in [2.05, 4.69) is 13.8 Å². The molecule has 0 radical (unpaired) electrons. The second-order valence-electron chi connectivity index (χ2n) is 5.08. The largest absolute Gasteiger partial charge is 0.392 e. The van der Waals surface area contributed by atoms with Gasteiger partial charge in [0.1, 0.15) is 11.6 Å². The van der Waals surface area contributed by atoms with Gasteiger partial charge in [0.2, 0.25) is 0 Å². The molecule has 0 fully saturated rings. The van der Waals surface area contributed by atoms with Gasteiger partial charge in [-0.25, -0.2) is 8.78 Å². The Labute approximate surface area is 107 Å². The molecule has 1 aromatic rings. The van der Waals surface area contributed by atoms with Crippen molar-refractivity contribution >= 4 is 0 Å². The Morgan fingerprint density at radius 1 is 1.11 bits per heavy atom. The quantitative estimate of drug-likeness (QED) is 0.823. The Kier molecular flexibility index (Phi) is 5.69. The van der Waals surface area contributed by atoms with Crippen LogP contribution in [0, 0.1) is 17.6 Å². The van der Waals surface area contributed by atoms with Crippen LogP contribution in [0.1, 0.15) is 38.2 Å². The molecule has 4 heteroatoms. The molecule has 0 heterocycles. The maximum atomic E-state index is 13.1. The third kappa shape index (κ3) is 4.35. The molecule has 0 bridgehead atoms. The van der Waals surface area contributed by atoms with Crippen LogP contribution < -0.4 is 5.73 Å². The number of rotatable bonds is 6. The summed E-state index contributed by atoms with van der Waals surface area (Å²) in [6.07, 6.45) is 0.770. The van der Waals surface area contributed by atoms with Crippen molar-refractivity contribution in [1.82, 2.24) is 0 Å². The lowest BCUT2D eigenvalue weighted by Gasteiger charge is -2.22. The van der Waals surface area contributed by atoms with Crippen LogP contribution in [0.15, 0.2) is 18.2 Å². The maximum Gasteiger partial charge on any atom is 0.126 e. The fourth-order valence-corrected chi connectivity index (χ4v) is 2.01. The van der Waals surface area contributed by atoms with Crippen molar-refractivity contribution in [3.05, 3.63) is 35.4 Å². The smallest absolute Gasteiger partial charge is 0.126 e. The van der Waals surface area contributed by atoms with Crippen molar-refractivity contribution in [1.29, 1.82) is 0 Å². The van der Waals surface area contributed by atoms with E-state index in [4.69, 9.17) is 5.73 Å². The van der Waals surface area contributed by atoms with Crippen molar-refractivity contribution in [3.63, 3.8) is 0 Å². The van der Waals surface area contributed by atoms with Crippen LogP contribution in [0.2, 0.25) is 0 Å². The van der Waals surface area contributed by atoms with Crippen molar-refractivity contribution in [3.8, 4) is 0 Å². The predicted octanol–water partition coefficient (Wildman–Crippen LogP) is 2.80. The van der Waals surface area contributed by atoms with Gasteiger partial charge in [-0.1, -0.05) is 13.8 Å². The first-order chi connectivity index (χ1) is 8.43. The lowest BCUT2D eigenvalue weighted by atomic mass is 9.89. The molecule has 1 rings (SSSR count). The van der Waals surface area contributed by atoms with Crippen LogP contribution >= 0.6 is 0 Å². The summed E-state index contributed by atoms with van der Waals surface area (Å²) in [5.41, 5.74) is 6.03. The summed E-state index contributed by atoms with van der Waals surface area (Å²) in [6, 6.07) is 3.29. The van der Waals surface area contributed by atoms with Crippen LogP contribution in [0.25, 0.3) is 0 Å². The lowest BCUT2D eigenvalue weighted by Crippen LogP contribution is -2.26. The molecule has 2 nitrogen and oxygen atoms in total. The zero-order valence-corrected chi connectivity index (χ0v) is 10.9. The summed E-state index contributed by atoms with van der Waals surface area (Å²) < 4.78 is 26.3. The van der Waals surface area contributed by atoms with Gasteiger partial charge in [0, 0.05) is 18.5 Å². The molecule has 0 aliphatic heterocycles. The Bertz CT molecular complexity index is 362. The molecule has 0 amide bonds. The topological polar surface area (TPSA) is 46.2 Å². The van der Waals surface area contributed by atoms with Gasteiger partial charge in [0.15, 0.2) is 0 Å². The Hall–Kier alpha value is -1.00. The van der Waals surface area contributed by atoms with Crippen molar-refractivity contribution in [2.45, 2.75) is 38.7 Å². The Balaban J connectivity index is 2.81. The van der Waals surface area contributed by atoms with Gasteiger partial charge in [-0.3, -0.25) is 0 Å². The number of aliphatic hydroxyl groups is 1. The highest BCUT2D eigenvalue weighted by molar-refractivity contribution is 5.23. The van der Waals surface area contributed by atoms with Crippen LogP contribution in [0.4, 0.5) is 8.78 Å². The molecule has 0 spiro atoms. The zero-order chi connectivity index (χ0) is 13.7. The number of aliphatic hydroxyl groups excluding tert-OH is 1. The monoisotopic (exact) mass is 257 g/mol. The molecule has 2 atom stereocenters. The van der Waals surface area contributed by atoms with Crippen molar-refractivity contribution in [2.24, 2.45) is 11.7 Å². The minimum atomic E-state index is -0.668. The first-order valence-electron chi connectivity index (χ1n) is 6.28. The van der Waals surface area contributed by atoms with E-state index in [0.29, 0.717) is 17.9 Å². The summed E-state index contributed by atoms with van der Waals surface area (Å²) in [5, 5.41) is 10.1. The van der Waals surface area contributed by atoms with E-state index in [0.717, 1.165) is 12.5 Å². The van der Waals surface area contributed by atoms with Gasteiger partial charge in [-0.2, -0.15) is 0 Å². The minimum Gasteiger partial charge on any atom is -0.392 e. The second kappa shape index (κ2) is 6.81. The fourth-order valence-electron chi connectivity index (χ4n) is 2.01.